The van der Waals surface area contributed by atoms with Gasteiger partial charge in [0.25, 0.3) is 0 Å². The number of hydrogen-bond acceptors (Lipinski definition) is 5. The van der Waals surface area contributed by atoms with Gasteiger partial charge in [0, 0.05) is 19.1 Å². The van der Waals surface area contributed by atoms with Crippen LogP contribution in [0.5, 0.6) is 11.5 Å². The summed E-state index contributed by atoms with van der Waals surface area (Å²) in [6, 6.07) is 6.37. The van der Waals surface area contributed by atoms with Gasteiger partial charge in [-0.2, -0.15) is 0 Å². The van der Waals surface area contributed by atoms with E-state index in [9.17, 15) is 5.11 Å². The molecule has 1 saturated carbocycles. The molecule has 3 N–H and O–H groups in total. The minimum Gasteiger partial charge on any atom is -0.493 e. The van der Waals surface area contributed by atoms with Gasteiger partial charge in [0.05, 0.1) is 19.8 Å². The van der Waals surface area contributed by atoms with Gasteiger partial charge >= 0.3 is 0 Å². The van der Waals surface area contributed by atoms with Crippen LogP contribution in [0.2, 0.25) is 0 Å². The number of nitrogens with zero attached hydrogens (tertiary/aromatic N) is 2. The number of likely N-dealkylation sites (N-methyl/N-ethyl adjacent to an activating group) is 1. The van der Waals surface area contributed by atoms with E-state index >= 15 is 0 Å². The van der Waals surface area contributed by atoms with Crippen molar-refractivity contribution in [2.75, 3.05) is 39.9 Å². The first-order valence-electron chi connectivity index (χ1n) is 11.3. The average molecular weight is 421 g/mol. The fraction of sp³-hybridized carbons (Fsp3) is 0.696. The van der Waals surface area contributed by atoms with Crippen molar-refractivity contribution in [2.24, 2.45) is 4.99 Å². The van der Waals surface area contributed by atoms with Gasteiger partial charge in [0.2, 0.25) is 0 Å². The first-order chi connectivity index (χ1) is 14.6. The molecule has 170 valence electrons. The molecule has 0 unspecified atom stereocenters. The molecule has 1 aromatic carbocycles. The number of aliphatic hydroxyl groups is 1. The lowest BCUT2D eigenvalue weighted by molar-refractivity contribution is 0.120. The molecular formula is C23H40N4O3. The number of methoxy groups -OCH3 is 1. The number of nitrogens with one attached hydrogen (secondary N) is 2. The largest absolute Gasteiger partial charge is 0.493 e. The zero-order chi connectivity index (χ0) is 21.8. The highest BCUT2D eigenvalue weighted by atomic mass is 16.5. The summed E-state index contributed by atoms with van der Waals surface area (Å²) in [5.74, 6) is 2.32. The van der Waals surface area contributed by atoms with Crippen molar-refractivity contribution in [1.82, 2.24) is 15.5 Å². The second kappa shape index (κ2) is 13.3. The molecule has 7 heteroatoms. The standard InChI is InChI=1S/C23H40N4O3/c1-5-24-23(26-19-9-11-20(28)12-10-19)25-17-18-8-13-21(22(16-18)29-4)30-15-14-27(6-2)7-3/h8,13,16,19-20,28H,5-7,9-12,14-15,17H2,1-4H3,(H2,24,25,26). The third-order valence-corrected chi connectivity index (χ3v) is 5.59. The van der Waals surface area contributed by atoms with E-state index in [2.05, 4.69) is 36.3 Å². The van der Waals surface area contributed by atoms with Gasteiger partial charge in [-0.1, -0.05) is 19.9 Å². The second-order valence-corrected chi connectivity index (χ2v) is 7.71. The Bertz CT molecular complexity index is 641. The summed E-state index contributed by atoms with van der Waals surface area (Å²) in [6.45, 7) is 11.3. The molecule has 0 spiro atoms. The smallest absolute Gasteiger partial charge is 0.191 e. The number of hydrogen-bond donors (Lipinski definition) is 3. The van der Waals surface area contributed by atoms with Gasteiger partial charge in [-0.3, -0.25) is 0 Å². The quantitative estimate of drug-likeness (QED) is 0.377. The van der Waals surface area contributed by atoms with Crippen LogP contribution >= 0.6 is 0 Å². The van der Waals surface area contributed by atoms with Crippen LogP contribution in [-0.2, 0) is 6.54 Å². The molecule has 0 bridgehead atoms. The molecule has 0 saturated heterocycles. The van der Waals surface area contributed by atoms with E-state index in [1.165, 1.54) is 0 Å². The van der Waals surface area contributed by atoms with E-state index in [-0.39, 0.29) is 6.10 Å². The van der Waals surface area contributed by atoms with Crippen LogP contribution in [-0.4, -0.2) is 68.0 Å². The zero-order valence-corrected chi connectivity index (χ0v) is 19.1. The normalized spacial score (nSPS) is 19.6. The number of rotatable bonds is 11. The van der Waals surface area contributed by atoms with E-state index < -0.39 is 0 Å². The molecule has 1 aliphatic rings. The number of aliphatic imine (C=N–C) groups is 1. The number of guanidine groups is 1. The summed E-state index contributed by atoms with van der Waals surface area (Å²) in [6.07, 6.45) is 3.49. The van der Waals surface area contributed by atoms with Gasteiger partial charge in [-0.05, 0) is 63.4 Å². The van der Waals surface area contributed by atoms with Gasteiger partial charge in [0.15, 0.2) is 17.5 Å². The molecule has 1 aliphatic carbocycles. The molecule has 0 aromatic heterocycles. The van der Waals surface area contributed by atoms with Crippen molar-refractivity contribution in [1.29, 1.82) is 0 Å². The predicted molar refractivity (Wildman–Crippen MR) is 122 cm³/mol. The highest BCUT2D eigenvalue weighted by Gasteiger charge is 2.20. The number of aliphatic hydroxyl groups excluding tert-OH is 1. The Labute approximate surface area is 181 Å². The van der Waals surface area contributed by atoms with Crippen molar-refractivity contribution >= 4 is 5.96 Å². The topological polar surface area (TPSA) is 78.4 Å². The Morgan fingerprint density at radius 2 is 1.87 bits per heavy atom. The Morgan fingerprint density at radius 1 is 1.13 bits per heavy atom. The summed E-state index contributed by atoms with van der Waals surface area (Å²) in [4.78, 5) is 7.07. The van der Waals surface area contributed by atoms with Crippen LogP contribution in [0.3, 0.4) is 0 Å². The third-order valence-electron chi connectivity index (χ3n) is 5.59. The van der Waals surface area contributed by atoms with Crippen LogP contribution in [0.1, 0.15) is 52.0 Å². The number of benzene rings is 1. The SMILES string of the molecule is CCNC(=NCc1ccc(OCCN(CC)CC)c(OC)c1)NC1CCC(O)CC1. The van der Waals surface area contributed by atoms with Crippen molar-refractivity contribution in [3.8, 4) is 11.5 Å². The van der Waals surface area contributed by atoms with Crippen LogP contribution in [0, 0.1) is 0 Å². The van der Waals surface area contributed by atoms with E-state index in [0.717, 1.165) is 74.9 Å². The van der Waals surface area contributed by atoms with Crippen LogP contribution in [0.25, 0.3) is 0 Å². The minimum absolute atomic E-state index is 0.150. The maximum Gasteiger partial charge on any atom is 0.191 e. The number of ether oxygens (including phenoxy) is 2. The second-order valence-electron chi connectivity index (χ2n) is 7.71. The molecule has 1 aromatic rings. The summed E-state index contributed by atoms with van der Waals surface area (Å²) in [7, 11) is 1.67. The van der Waals surface area contributed by atoms with Gasteiger partial charge in [-0.15, -0.1) is 0 Å². The highest BCUT2D eigenvalue weighted by Crippen LogP contribution is 2.28. The molecule has 0 radical (unpaired) electrons. The predicted octanol–water partition coefficient (Wildman–Crippen LogP) is 2.77. The van der Waals surface area contributed by atoms with E-state index in [1.807, 2.05) is 18.2 Å². The maximum atomic E-state index is 9.70. The lowest BCUT2D eigenvalue weighted by Gasteiger charge is -2.27. The molecule has 0 atom stereocenters. The molecule has 7 nitrogen and oxygen atoms in total. The third kappa shape index (κ3) is 8.03. The van der Waals surface area contributed by atoms with Crippen molar-refractivity contribution in [3.05, 3.63) is 23.8 Å². The summed E-state index contributed by atoms with van der Waals surface area (Å²) in [5, 5.41) is 16.5. The lowest BCUT2D eigenvalue weighted by Crippen LogP contribution is -2.45. The Hall–Kier alpha value is -1.99. The Kier molecular flexibility index (Phi) is 10.8. The first-order valence-corrected chi connectivity index (χ1v) is 11.3. The summed E-state index contributed by atoms with van der Waals surface area (Å²) < 4.78 is 11.5. The van der Waals surface area contributed by atoms with Gasteiger partial charge < -0.3 is 30.1 Å². The van der Waals surface area contributed by atoms with Crippen molar-refractivity contribution < 1.29 is 14.6 Å². The summed E-state index contributed by atoms with van der Waals surface area (Å²) in [5.41, 5.74) is 1.07. The zero-order valence-electron chi connectivity index (χ0n) is 19.1. The molecule has 0 heterocycles. The fourth-order valence-electron chi connectivity index (χ4n) is 3.66. The van der Waals surface area contributed by atoms with Crippen LogP contribution < -0.4 is 20.1 Å². The monoisotopic (exact) mass is 420 g/mol. The Morgan fingerprint density at radius 3 is 2.50 bits per heavy atom. The van der Waals surface area contributed by atoms with Gasteiger partial charge in [0.1, 0.15) is 6.61 Å². The summed E-state index contributed by atoms with van der Waals surface area (Å²) >= 11 is 0. The molecule has 30 heavy (non-hydrogen) atoms. The molecular weight excluding hydrogens is 380 g/mol. The van der Waals surface area contributed by atoms with Gasteiger partial charge in [-0.25, -0.2) is 4.99 Å². The van der Waals surface area contributed by atoms with Crippen LogP contribution in [0.15, 0.2) is 23.2 Å². The van der Waals surface area contributed by atoms with Crippen molar-refractivity contribution in [2.45, 2.75) is 65.1 Å². The fourth-order valence-corrected chi connectivity index (χ4v) is 3.66. The van der Waals surface area contributed by atoms with E-state index in [1.54, 1.807) is 7.11 Å². The molecule has 2 rings (SSSR count). The van der Waals surface area contributed by atoms with Crippen LogP contribution in [0.4, 0.5) is 0 Å². The first kappa shape index (κ1) is 24.3. The minimum atomic E-state index is -0.150. The van der Waals surface area contributed by atoms with Crippen molar-refractivity contribution in [3.63, 3.8) is 0 Å². The Balaban J connectivity index is 1.94. The highest BCUT2D eigenvalue weighted by molar-refractivity contribution is 5.80. The maximum absolute atomic E-state index is 9.70. The van der Waals surface area contributed by atoms with E-state index in [0.29, 0.717) is 19.2 Å². The average Bonchev–Trinajstić information content (AvgIpc) is 2.77. The molecule has 1 fully saturated rings. The van der Waals surface area contributed by atoms with E-state index in [4.69, 9.17) is 14.5 Å². The molecule has 0 amide bonds. The molecule has 0 aliphatic heterocycles. The lowest BCUT2D eigenvalue weighted by atomic mass is 9.93.